The Bertz CT molecular complexity index is 1340. The fourth-order valence-corrected chi connectivity index (χ4v) is 4.19. The van der Waals surface area contributed by atoms with Crippen LogP contribution in [0.1, 0.15) is 39.1 Å². The van der Waals surface area contributed by atoms with Crippen LogP contribution in [0.5, 0.6) is 5.75 Å². The average molecular weight is 465 g/mol. The summed E-state index contributed by atoms with van der Waals surface area (Å²) in [6.45, 7) is 3.78. The zero-order valence-electron chi connectivity index (χ0n) is 19.8. The molecule has 0 atom stereocenters. The molecule has 0 N–H and O–H groups in total. The molecule has 176 valence electrons. The molecule has 0 aliphatic rings. The molecule has 4 nitrogen and oxygen atoms in total. The normalized spacial score (nSPS) is 10.7. The molecule has 4 rings (SSSR count). The van der Waals surface area contributed by atoms with Gasteiger partial charge in [0.25, 0.3) is 0 Å². The number of Topliss-reactive ketones (excluding diaryl/α,β-unsaturated/α-hetero) is 1. The van der Waals surface area contributed by atoms with Crippen molar-refractivity contribution in [1.82, 2.24) is 0 Å². The van der Waals surface area contributed by atoms with E-state index in [1.807, 2.05) is 84.9 Å². The number of aryl methyl sites for hydroxylation is 1. The maximum atomic E-state index is 12.8. The van der Waals surface area contributed by atoms with Gasteiger partial charge in [-0.3, -0.25) is 4.79 Å². The van der Waals surface area contributed by atoms with Gasteiger partial charge in [-0.05, 0) is 52.4 Å². The lowest BCUT2D eigenvalue weighted by Crippen LogP contribution is -2.10. The van der Waals surface area contributed by atoms with Gasteiger partial charge >= 0.3 is 5.97 Å². The van der Waals surface area contributed by atoms with Gasteiger partial charge in [-0.1, -0.05) is 85.5 Å². The Labute approximate surface area is 205 Å². The van der Waals surface area contributed by atoms with E-state index in [1.165, 1.54) is 0 Å². The summed E-state index contributed by atoms with van der Waals surface area (Å²) >= 11 is 0. The second-order valence-electron chi connectivity index (χ2n) is 8.29. The highest BCUT2D eigenvalue weighted by Crippen LogP contribution is 2.26. The highest BCUT2D eigenvalue weighted by atomic mass is 16.5. The molecule has 0 radical (unpaired) electrons. The van der Waals surface area contributed by atoms with Crippen LogP contribution < -0.4 is 4.74 Å². The van der Waals surface area contributed by atoms with Gasteiger partial charge in [0.1, 0.15) is 12.4 Å². The molecule has 0 spiro atoms. The zero-order valence-corrected chi connectivity index (χ0v) is 19.8. The fourth-order valence-electron chi connectivity index (χ4n) is 4.19. The first-order valence-corrected chi connectivity index (χ1v) is 11.7. The van der Waals surface area contributed by atoms with Gasteiger partial charge in [0.15, 0.2) is 5.78 Å². The monoisotopic (exact) mass is 464 g/mol. The predicted octanol–water partition coefficient (Wildman–Crippen LogP) is 7.06. The standard InChI is InChI=1S/C31H28O4/c1-3-21-35-31(33)30-26(16-13-24-7-4-5-9-28(24)30)8-6-10-29(32)25-14-11-22(12-15-25)23-17-19-27(34-2)20-18-23/h3-5,7,9,11-20H,1,6,8,10,21H2,2H3. The SMILES string of the molecule is C=CCOC(=O)c1c(CCCC(=O)c2ccc(-c3ccc(OC)cc3)cc2)ccc2ccccc12. The van der Waals surface area contributed by atoms with Crippen LogP contribution >= 0.6 is 0 Å². The number of methoxy groups -OCH3 is 1. The van der Waals surface area contributed by atoms with E-state index < -0.39 is 0 Å². The molecule has 0 bridgehead atoms. The summed E-state index contributed by atoms with van der Waals surface area (Å²) in [5, 5.41) is 1.84. The fraction of sp³-hybridized carbons (Fsp3) is 0.161. The number of carbonyl (C=O) groups is 2. The maximum absolute atomic E-state index is 12.8. The van der Waals surface area contributed by atoms with Crippen LogP contribution in [0.4, 0.5) is 0 Å². The van der Waals surface area contributed by atoms with Crippen LogP contribution in [0.3, 0.4) is 0 Å². The number of hydrogen-bond donors (Lipinski definition) is 0. The minimum Gasteiger partial charge on any atom is -0.497 e. The average Bonchev–Trinajstić information content (AvgIpc) is 2.91. The Morgan fingerprint density at radius 1 is 0.857 bits per heavy atom. The molecule has 4 aromatic rings. The molecule has 0 unspecified atom stereocenters. The summed E-state index contributed by atoms with van der Waals surface area (Å²) in [6, 6.07) is 27.2. The molecular formula is C31H28O4. The van der Waals surface area contributed by atoms with Crippen molar-refractivity contribution in [2.75, 3.05) is 13.7 Å². The van der Waals surface area contributed by atoms with Crippen molar-refractivity contribution in [2.24, 2.45) is 0 Å². The van der Waals surface area contributed by atoms with E-state index >= 15 is 0 Å². The number of esters is 1. The Kier molecular flexibility index (Phi) is 7.74. The number of ether oxygens (including phenoxy) is 2. The molecule has 0 amide bonds. The summed E-state index contributed by atoms with van der Waals surface area (Å²) in [5.74, 6) is 0.532. The van der Waals surface area contributed by atoms with Crippen molar-refractivity contribution in [3.05, 3.63) is 114 Å². The molecular weight excluding hydrogens is 436 g/mol. The smallest absolute Gasteiger partial charge is 0.339 e. The second-order valence-corrected chi connectivity index (χ2v) is 8.29. The number of ketones is 1. The summed E-state index contributed by atoms with van der Waals surface area (Å²) in [6.07, 6.45) is 3.20. The van der Waals surface area contributed by atoms with Crippen LogP contribution in [-0.4, -0.2) is 25.5 Å². The summed E-state index contributed by atoms with van der Waals surface area (Å²) in [4.78, 5) is 25.6. The van der Waals surface area contributed by atoms with Crippen molar-refractivity contribution in [3.63, 3.8) is 0 Å². The van der Waals surface area contributed by atoms with Gasteiger partial charge in [-0.2, -0.15) is 0 Å². The summed E-state index contributed by atoms with van der Waals surface area (Å²) in [5.41, 5.74) is 4.26. The van der Waals surface area contributed by atoms with Crippen LogP contribution in [0.25, 0.3) is 21.9 Å². The number of rotatable bonds is 10. The number of benzene rings is 4. The Morgan fingerprint density at radius 2 is 1.54 bits per heavy atom. The van der Waals surface area contributed by atoms with Crippen molar-refractivity contribution in [3.8, 4) is 16.9 Å². The summed E-state index contributed by atoms with van der Waals surface area (Å²) < 4.78 is 10.6. The molecule has 4 heteroatoms. The summed E-state index contributed by atoms with van der Waals surface area (Å²) in [7, 11) is 1.64. The molecule has 0 aromatic heterocycles. The third-order valence-electron chi connectivity index (χ3n) is 6.03. The lowest BCUT2D eigenvalue weighted by Gasteiger charge is -2.12. The van der Waals surface area contributed by atoms with Gasteiger partial charge in [0.05, 0.1) is 12.7 Å². The predicted molar refractivity (Wildman–Crippen MR) is 140 cm³/mol. The van der Waals surface area contributed by atoms with E-state index in [2.05, 4.69) is 6.58 Å². The minimum atomic E-state index is -0.364. The molecule has 0 heterocycles. The Hall–Kier alpha value is -4.18. The second kappa shape index (κ2) is 11.3. The van der Waals surface area contributed by atoms with E-state index in [0.29, 0.717) is 30.4 Å². The Morgan fingerprint density at radius 3 is 2.23 bits per heavy atom. The zero-order chi connectivity index (χ0) is 24.6. The third-order valence-corrected chi connectivity index (χ3v) is 6.03. The number of carbonyl (C=O) groups excluding carboxylic acids is 2. The molecule has 4 aromatic carbocycles. The van der Waals surface area contributed by atoms with Crippen molar-refractivity contribution in [1.29, 1.82) is 0 Å². The third kappa shape index (κ3) is 5.67. The van der Waals surface area contributed by atoms with E-state index in [1.54, 1.807) is 13.2 Å². The number of hydrogen-bond acceptors (Lipinski definition) is 4. The lowest BCUT2D eigenvalue weighted by molar-refractivity contribution is 0.0550. The van der Waals surface area contributed by atoms with Gasteiger partial charge < -0.3 is 9.47 Å². The quantitative estimate of drug-likeness (QED) is 0.143. The largest absolute Gasteiger partial charge is 0.497 e. The van der Waals surface area contributed by atoms with E-state index in [4.69, 9.17) is 9.47 Å². The van der Waals surface area contributed by atoms with Crippen LogP contribution in [-0.2, 0) is 11.2 Å². The first-order valence-electron chi connectivity index (χ1n) is 11.7. The van der Waals surface area contributed by atoms with Crippen molar-refractivity contribution >= 4 is 22.5 Å². The molecule has 0 saturated carbocycles. The maximum Gasteiger partial charge on any atom is 0.339 e. The minimum absolute atomic E-state index is 0.0860. The van der Waals surface area contributed by atoms with E-state index in [-0.39, 0.29) is 18.4 Å². The molecule has 35 heavy (non-hydrogen) atoms. The first kappa shape index (κ1) is 24.0. The molecule has 0 aliphatic carbocycles. The molecule has 0 aliphatic heterocycles. The van der Waals surface area contributed by atoms with Crippen LogP contribution in [0.2, 0.25) is 0 Å². The van der Waals surface area contributed by atoms with Gasteiger partial charge in [-0.15, -0.1) is 0 Å². The molecule has 0 saturated heterocycles. The van der Waals surface area contributed by atoms with Gasteiger partial charge in [0.2, 0.25) is 0 Å². The first-order chi connectivity index (χ1) is 17.1. The van der Waals surface area contributed by atoms with E-state index in [9.17, 15) is 9.59 Å². The lowest BCUT2D eigenvalue weighted by atomic mass is 9.94. The van der Waals surface area contributed by atoms with Gasteiger partial charge in [-0.25, -0.2) is 4.79 Å². The topological polar surface area (TPSA) is 52.6 Å². The Balaban J connectivity index is 1.44. The van der Waals surface area contributed by atoms with Crippen LogP contribution in [0, 0.1) is 0 Å². The van der Waals surface area contributed by atoms with Crippen LogP contribution in [0.15, 0.2) is 97.6 Å². The highest BCUT2D eigenvalue weighted by molar-refractivity contribution is 6.06. The number of fused-ring (bicyclic) bond motifs is 1. The van der Waals surface area contributed by atoms with E-state index in [0.717, 1.165) is 33.2 Å². The van der Waals surface area contributed by atoms with Crippen molar-refractivity contribution < 1.29 is 19.1 Å². The van der Waals surface area contributed by atoms with Gasteiger partial charge in [0, 0.05) is 12.0 Å². The molecule has 0 fully saturated rings. The highest BCUT2D eigenvalue weighted by Gasteiger charge is 2.17. The van der Waals surface area contributed by atoms with Crippen molar-refractivity contribution in [2.45, 2.75) is 19.3 Å².